The summed E-state index contributed by atoms with van der Waals surface area (Å²) in [6.07, 6.45) is 1.23. The molecule has 1 N–H and O–H groups in total. The molecule has 1 aliphatic rings. The maximum absolute atomic E-state index is 3.46. The smallest absolute Gasteiger partial charge is 0.0686 e. The van der Waals surface area contributed by atoms with Gasteiger partial charge in [-0.15, -0.1) is 11.3 Å². The molecule has 0 radical (unpaired) electrons. The van der Waals surface area contributed by atoms with E-state index in [1.165, 1.54) is 12.0 Å². The van der Waals surface area contributed by atoms with Gasteiger partial charge in [0, 0.05) is 4.88 Å². The van der Waals surface area contributed by atoms with Crippen LogP contribution in [0.3, 0.4) is 0 Å². The molecule has 1 nitrogen and oxygen atoms in total. The van der Waals surface area contributed by atoms with E-state index in [2.05, 4.69) is 23.7 Å². The van der Waals surface area contributed by atoms with Crippen LogP contribution in [0.2, 0.25) is 0 Å². The molecule has 0 aromatic carbocycles. The molecule has 1 atom stereocenters. The van der Waals surface area contributed by atoms with Crippen molar-refractivity contribution in [2.75, 3.05) is 6.54 Å². The van der Waals surface area contributed by atoms with Crippen molar-refractivity contribution in [1.82, 2.24) is 5.32 Å². The molecular weight excluding hydrogens is 142 g/mol. The molecule has 0 saturated carbocycles. The average Bonchev–Trinajstić information content (AvgIpc) is 2.46. The lowest BCUT2D eigenvalue weighted by molar-refractivity contribution is 0.666. The summed E-state index contributed by atoms with van der Waals surface area (Å²) in [4.78, 5) is 1.55. The monoisotopic (exact) mass is 153 g/mol. The highest BCUT2D eigenvalue weighted by atomic mass is 32.1. The van der Waals surface area contributed by atoms with Gasteiger partial charge in [-0.25, -0.2) is 0 Å². The maximum Gasteiger partial charge on any atom is 0.0686 e. The Balaban J connectivity index is 1.87. The Morgan fingerprint density at radius 1 is 1.70 bits per heavy atom. The average molecular weight is 153 g/mol. The molecule has 0 saturated heterocycles. The Morgan fingerprint density at radius 3 is 3.20 bits per heavy atom. The first kappa shape index (κ1) is 6.38. The molecule has 1 aliphatic carbocycles. The molecule has 2 heteroatoms. The van der Waals surface area contributed by atoms with Crippen molar-refractivity contribution in [2.24, 2.45) is 0 Å². The van der Waals surface area contributed by atoms with Crippen LogP contribution in [0, 0.1) is 0 Å². The van der Waals surface area contributed by atoms with Crippen molar-refractivity contribution in [1.29, 1.82) is 0 Å². The highest BCUT2D eigenvalue weighted by molar-refractivity contribution is 7.11. The highest BCUT2D eigenvalue weighted by Crippen LogP contribution is 2.45. The molecule has 0 spiro atoms. The van der Waals surface area contributed by atoms with Crippen molar-refractivity contribution in [3.8, 4) is 0 Å². The second kappa shape index (κ2) is 2.36. The first-order valence-electron chi connectivity index (χ1n) is 3.74. The number of hydrogen-bond acceptors (Lipinski definition) is 2. The van der Waals surface area contributed by atoms with Crippen LogP contribution in [0.1, 0.15) is 29.8 Å². The van der Waals surface area contributed by atoms with Crippen molar-refractivity contribution >= 4 is 11.3 Å². The molecule has 1 aromatic heterocycles. The highest BCUT2D eigenvalue weighted by Gasteiger charge is 2.32. The van der Waals surface area contributed by atoms with E-state index >= 15 is 0 Å². The topological polar surface area (TPSA) is 12.0 Å². The zero-order chi connectivity index (χ0) is 6.97. The molecule has 2 rings (SSSR count). The molecule has 0 bridgehead atoms. The van der Waals surface area contributed by atoms with Crippen LogP contribution in [-0.4, -0.2) is 6.54 Å². The molecular formula is C8H11NS. The van der Waals surface area contributed by atoms with E-state index in [9.17, 15) is 0 Å². The lowest BCUT2D eigenvalue weighted by Gasteiger charge is -1.97. The minimum Gasteiger partial charge on any atom is -0.306 e. The minimum absolute atomic E-state index is 0.648. The molecule has 54 valence electrons. The third-order valence-electron chi connectivity index (χ3n) is 1.82. The fourth-order valence-corrected chi connectivity index (χ4v) is 2.18. The second-order valence-corrected chi connectivity index (χ2v) is 3.58. The largest absolute Gasteiger partial charge is 0.306 e. The number of rotatable bonds is 3. The van der Waals surface area contributed by atoms with E-state index in [0.29, 0.717) is 6.04 Å². The van der Waals surface area contributed by atoms with Gasteiger partial charge in [-0.1, -0.05) is 6.92 Å². The summed E-state index contributed by atoms with van der Waals surface area (Å²) in [5.74, 6) is 0. The van der Waals surface area contributed by atoms with Crippen LogP contribution in [0.15, 0.2) is 11.4 Å². The Bertz CT molecular complexity index is 210. The fraction of sp³-hybridized carbons (Fsp3) is 0.500. The van der Waals surface area contributed by atoms with E-state index in [1.807, 2.05) is 11.3 Å². The van der Waals surface area contributed by atoms with Gasteiger partial charge in [0.15, 0.2) is 0 Å². The van der Waals surface area contributed by atoms with E-state index < -0.39 is 0 Å². The molecule has 0 aliphatic heterocycles. The third-order valence-corrected chi connectivity index (χ3v) is 2.81. The fourth-order valence-electron chi connectivity index (χ4n) is 1.20. The number of hydrogen-bond donors (Lipinski definition) is 1. The predicted molar refractivity (Wildman–Crippen MR) is 44.5 cm³/mol. The summed E-state index contributed by atoms with van der Waals surface area (Å²) < 4.78 is 0. The predicted octanol–water partition coefficient (Wildman–Crippen LogP) is 2.15. The van der Waals surface area contributed by atoms with Crippen LogP contribution in [-0.2, 0) is 0 Å². The van der Waals surface area contributed by atoms with E-state index in [0.717, 1.165) is 6.54 Å². The minimum atomic E-state index is 0.648. The van der Waals surface area contributed by atoms with Crippen LogP contribution >= 0.6 is 11.3 Å². The van der Waals surface area contributed by atoms with Crippen molar-refractivity contribution in [3.05, 3.63) is 21.9 Å². The molecule has 0 amide bonds. The van der Waals surface area contributed by atoms with Gasteiger partial charge in [0.05, 0.1) is 6.04 Å². The molecule has 1 heterocycles. The molecule has 0 fully saturated rings. The van der Waals surface area contributed by atoms with Crippen LogP contribution in [0.25, 0.3) is 0 Å². The Hall–Kier alpha value is -0.340. The Morgan fingerprint density at radius 2 is 2.60 bits per heavy atom. The maximum atomic E-state index is 3.46. The Labute approximate surface area is 65.1 Å². The van der Waals surface area contributed by atoms with Gasteiger partial charge in [0.1, 0.15) is 0 Å². The van der Waals surface area contributed by atoms with E-state index in [1.54, 1.807) is 4.88 Å². The van der Waals surface area contributed by atoms with Crippen LogP contribution in [0.4, 0.5) is 0 Å². The van der Waals surface area contributed by atoms with Gasteiger partial charge in [0.2, 0.25) is 0 Å². The van der Waals surface area contributed by atoms with Gasteiger partial charge in [-0.3, -0.25) is 0 Å². The van der Waals surface area contributed by atoms with E-state index in [4.69, 9.17) is 0 Å². The lowest BCUT2D eigenvalue weighted by atomic mass is 10.4. The van der Waals surface area contributed by atoms with Gasteiger partial charge >= 0.3 is 0 Å². The third kappa shape index (κ3) is 0.879. The standard InChI is InChI=1S/C8H11NS/c1-2-4-9-7-6-3-5-10-8(6)7/h3,5,7,9H,2,4H2,1H3. The summed E-state index contributed by atoms with van der Waals surface area (Å²) >= 11 is 1.87. The van der Waals surface area contributed by atoms with Crippen LogP contribution in [0.5, 0.6) is 0 Å². The van der Waals surface area contributed by atoms with Gasteiger partial charge in [-0.05, 0) is 30.0 Å². The first-order chi connectivity index (χ1) is 4.93. The summed E-state index contributed by atoms with van der Waals surface area (Å²) in [6, 6.07) is 2.86. The summed E-state index contributed by atoms with van der Waals surface area (Å²) in [6.45, 7) is 3.34. The molecule has 1 unspecified atom stereocenters. The molecule has 1 aromatic rings. The van der Waals surface area contributed by atoms with Gasteiger partial charge in [0.25, 0.3) is 0 Å². The number of thiophene rings is 1. The second-order valence-electron chi connectivity index (χ2n) is 2.63. The quantitative estimate of drug-likeness (QED) is 0.701. The van der Waals surface area contributed by atoms with Crippen molar-refractivity contribution < 1.29 is 0 Å². The zero-order valence-electron chi connectivity index (χ0n) is 6.05. The van der Waals surface area contributed by atoms with E-state index in [-0.39, 0.29) is 0 Å². The van der Waals surface area contributed by atoms with Crippen molar-refractivity contribution in [2.45, 2.75) is 19.4 Å². The summed E-state index contributed by atoms with van der Waals surface area (Å²) in [7, 11) is 0. The lowest BCUT2D eigenvalue weighted by Crippen LogP contribution is -2.11. The van der Waals surface area contributed by atoms with Gasteiger partial charge < -0.3 is 5.32 Å². The van der Waals surface area contributed by atoms with Crippen molar-refractivity contribution in [3.63, 3.8) is 0 Å². The van der Waals surface area contributed by atoms with Crippen LogP contribution < -0.4 is 5.32 Å². The summed E-state index contributed by atoms with van der Waals surface area (Å²) in [5, 5.41) is 5.62. The first-order valence-corrected chi connectivity index (χ1v) is 4.62. The normalized spacial score (nSPS) is 20.7. The zero-order valence-corrected chi connectivity index (χ0v) is 6.87. The number of nitrogens with one attached hydrogen (secondary N) is 1. The Kier molecular flexibility index (Phi) is 1.51. The SMILES string of the molecule is CCCNC1c2ccsc21. The van der Waals surface area contributed by atoms with Gasteiger partial charge in [-0.2, -0.15) is 0 Å². The summed E-state index contributed by atoms with van der Waals surface area (Å²) in [5.41, 5.74) is 1.53. The molecule has 10 heavy (non-hydrogen) atoms. The number of fused-ring (bicyclic) bond motifs is 1.